The molecule has 1 unspecified atom stereocenters. The molecule has 1 amide bonds. The van der Waals surface area contributed by atoms with Crippen LogP contribution in [0, 0.1) is 12.7 Å². The van der Waals surface area contributed by atoms with E-state index < -0.39 is 0 Å². The number of carbonyl (C=O) groups excluding carboxylic acids is 1. The largest absolute Gasteiger partial charge is 0.369 e. The third-order valence-electron chi connectivity index (χ3n) is 6.07. The van der Waals surface area contributed by atoms with Gasteiger partial charge in [-0.3, -0.25) is 9.78 Å². The minimum atomic E-state index is -0.272. The molecule has 31 heavy (non-hydrogen) atoms. The summed E-state index contributed by atoms with van der Waals surface area (Å²) < 4.78 is 14.9. The molecule has 5 rings (SSSR count). The Balaban J connectivity index is 1.32. The Hall–Kier alpha value is -3.67. The Bertz CT molecular complexity index is 1180. The molecule has 1 atom stereocenters. The van der Waals surface area contributed by atoms with E-state index in [9.17, 15) is 9.18 Å². The van der Waals surface area contributed by atoms with Crippen molar-refractivity contribution in [3.05, 3.63) is 89.6 Å². The van der Waals surface area contributed by atoms with Crippen LogP contribution in [0.3, 0.4) is 0 Å². The van der Waals surface area contributed by atoms with Crippen LogP contribution in [0.15, 0.2) is 67.1 Å². The fraction of sp³-hybridized carbons (Fsp3) is 0.200. The lowest BCUT2D eigenvalue weighted by atomic mass is 10.00. The number of pyridine rings is 1. The van der Waals surface area contributed by atoms with Crippen LogP contribution in [0.25, 0.3) is 5.57 Å². The van der Waals surface area contributed by atoms with Crippen LogP contribution in [0.4, 0.5) is 21.5 Å². The Morgan fingerprint density at radius 3 is 2.84 bits per heavy atom. The fourth-order valence-electron chi connectivity index (χ4n) is 4.47. The van der Waals surface area contributed by atoms with Gasteiger partial charge in [0, 0.05) is 54.5 Å². The molecule has 2 aliphatic rings. The Morgan fingerprint density at radius 1 is 1.19 bits per heavy atom. The van der Waals surface area contributed by atoms with Gasteiger partial charge < -0.3 is 15.5 Å². The molecule has 0 saturated carbocycles. The normalized spacial score (nSPS) is 18.9. The molecule has 156 valence electrons. The van der Waals surface area contributed by atoms with E-state index >= 15 is 0 Å². The standard InChI is InChI=1S/C25H23FN4O/c1-16-3-2-4-22-24(16)20(25(31)29-22)14-28-19-5-6-23(21(26)13-19)30-12-9-18(15-30)17-7-10-27-11-8-17/h2-8,10-11,13-14,18,28H,9,12,15H2,1H3,(H,29,31)/b20-14-. The van der Waals surface area contributed by atoms with Crippen molar-refractivity contribution in [3.63, 3.8) is 0 Å². The quantitative estimate of drug-likeness (QED) is 0.595. The van der Waals surface area contributed by atoms with Crippen LogP contribution in [-0.4, -0.2) is 24.0 Å². The first-order valence-corrected chi connectivity index (χ1v) is 10.4. The molecule has 0 bridgehead atoms. The molecule has 1 saturated heterocycles. The summed E-state index contributed by atoms with van der Waals surface area (Å²) in [6, 6.07) is 15.0. The molecule has 0 spiro atoms. The molecule has 2 aromatic carbocycles. The number of nitrogens with zero attached hydrogens (tertiary/aromatic N) is 2. The van der Waals surface area contributed by atoms with Crippen LogP contribution >= 0.6 is 0 Å². The smallest absolute Gasteiger partial charge is 0.257 e. The van der Waals surface area contributed by atoms with Crippen molar-refractivity contribution < 1.29 is 9.18 Å². The lowest BCUT2D eigenvalue weighted by Crippen LogP contribution is -2.20. The van der Waals surface area contributed by atoms with E-state index in [-0.39, 0.29) is 11.7 Å². The second-order valence-corrected chi connectivity index (χ2v) is 8.03. The zero-order valence-corrected chi connectivity index (χ0v) is 17.2. The van der Waals surface area contributed by atoms with E-state index in [1.54, 1.807) is 24.7 Å². The van der Waals surface area contributed by atoms with Crippen molar-refractivity contribution in [1.29, 1.82) is 0 Å². The molecule has 1 aromatic heterocycles. The number of aromatic nitrogens is 1. The van der Waals surface area contributed by atoms with Gasteiger partial charge in [-0.1, -0.05) is 12.1 Å². The molecular weight excluding hydrogens is 391 g/mol. The van der Waals surface area contributed by atoms with Gasteiger partial charge in [-0.25, -0.2) is 4.39 Å². The highest BCUT2D eigenvalue weighted by molar-refractivity contribution is 6.32. The van der Waals surface area contributed by atoms with Crippen molar-refractivity contribution in [1.82, 2.24) is 4.98 Å². The fourth-order valence-corrected chi connectivity index (χ4v) is 4.47. The topological polar surface area (TPSA) is 57.3 Å². The van der Waals surface area contributed by atoms with Crippen LogP contribution in [0.5, 0.6) is 0 Å². The van der Waals surface area contributed by atoms with Crippen molar-refractivity contribution in [2.75, 3.05) is 28.6 Å². The zero-order valence-electron chi connectivity index (χ0n) is 17.2. The number of rotatable bonds is 4. The molecule has 5 nitrogen and oxygen atoms in total. The lowest BCUT2D eigenvalue weighted by Gasteiger charge is -2.20. The van der Waals surface area contributed by atoms with Crippen molar-refractivity contribution in [2.24, 2.45) is 0 Å². The molecule has 2 aliphatic heterocycles. The zero-order chi connectivity index (χ0) is 21.4. The van der Waals surface area contributed by atoms with Gasteiger partial charge in [-0.15, -0.1) is 0 Å². The summed E-state index contributed by atoms with van der Waals surface area (Å²) in [6.45, 7) is 3.57. The van der Waals surface area contributed by atoms with Gasteiger partial charge >= 0.3 is 0 Å². The number of halogens is 1. The number of amides is 1. The van der Waals surface area contributed by atoms with E-state index in [2.05, 4.69) is 20.5 Å². The molecular formula is C25H23FN4O. The van der Waals surface area contributed by atoms with E-state index in [0.29, 0.717) is 22.9 Å². The van der Waals surface area contributed by atoms with Gasteiger partial charge in [0.15, 0.2) is 0 Å². The maximum atomic E-state index is 14.9. The minimum absolute atomic E-state index is 0.159. The maximum absolute atomic E-state index is 14.9. The highest BCUT2D eigenvalue weighted by Gasteiger charge is 2.27. The van der Waals surface area contributed by atoms with E-state index in [4.69, 9.17) is 0 Å². The molecule has 3 aromatic rings. The number of benzene rings is 2. The monoisotopic (exact) mass is 414 g/mol. The second-order valence-electron chi connectivity index (χ2n) is 8.03. The third kappa shape index (κ3) is 3.65. The van der Waals surface area contributed by atoms with E-state index in [1.165, 1.54) is 11.6 Å². The van der Waals surface area contributed by atoms with Gasteiger partial charge in [0.05, 0.1) is 11.3 Å². The Kier molecular flexibility index (Phi) is 4.90. The number of hydrogen-bond donors (Lipinski definition) is 2. The second kappa shape index (κ2) is 7.87. The average molecular weight is 414 g/mol. The third-order valence-corrected chi connectivity index (χ3v) is 6.07. The summed E-state index contributed by atoms with van der Waals surface area (Å²) in [6.07, 6.45) is 6.25. The van der Waals surface area contributed by atoms with Crippen LogP contribution in [-0.2, 0) is 4.79 Å². The number of fused-ring (bicyclic) bond motifs is 1. The van der Waals surface area contributed by atoms with E-state index in [0.717, 1.165) is 36.3 Å². The van der Waals surface area contributed by atoms with Gasteiger partial charge in [-0.05, 0) is 60.9 Å². The Labute approximate surface area is 180 Å². The summed E-state index contributed by atoms with van der Waals surface area (Å²) in [7, 11) is 0. The summed E-state index contributed by atoms with van der Waals surface area (Å²) in [4.78, 5) is 18.5. The van der Waals surface area contributed by atoms with Gasteiger partial charge in [0.1, 0.15) is 5.82 Å². The first kappa shape index (κ1) is 19.3. The average Bonchev–Trinajstić information content (AvgIpc) is 3.38. The van der Waals surface area contributed by atoms with Gasteiger partial charge in [0.2, 0.25) is 0 Å². The number of anilines is 3. The lowest BCUT2D eigenvalue weighted by molar-refractivity contribution is -0.110. The highest BCUT2D eigenvalue weighted by atomic mass is 19.1. The van der Waals surface area contributed by atoms with Crippen LogP contribution in [0.2, 0.25) is 0 Å². The predicted octanol–water partition coefficient (Wildman–Crippen LogP) is 4.93. The summed E-state index contributed by atoms with van der Waals surface area (Å²) >= 11 is 0. The first-order valence-electron chi connectivity index (χ1n) is 10.4. The molecule has 0 radical (unpaired) electrons. The number of carbonyl (C=O) groups is 1. The molecule has 3 heterocycles. The maximum Gasteiger partial charge on any atom is 0.257 e. The number of nitrogens with one attached hydrogen (secondary N) is 2. The molecule has 6 heteroatoms. The SMILES string of the molecule is Cc1cccc2c1/C(=C/Nc1ccc(N3CCC(c4ccncc4)C3)c(F)c1)C(=O)N2. The summed E-state index contributed by atoms with van der Waals surface area (Å²) in [5, 5.41) is 5.96. The molecule has 0 aliphatic carbocycles. The highest BCUT2D eigenvalue weighted by Crippen LogP contribution is 2.35. The van der Waals surface area contributed by atoms with Gasteiger partial charge in [-0.2, -0.15) is 0 Å². The molecule has 1 fully saturated rings. The van der Waals surface area contributed by atoms with Crippen molar-refractivity contribution >= 4 is 28.5 Å². The van der Waals surface area contributed by atoms with Crippen molar-refractivity contribution in [2.45, 2.75) is 19.3 Å². The van der Waals surface area contributed by atoms with Crippen molar-refractivity contribution in [3.8, 4) is 0 Å². The van der Waals surface area contributed by atoms with Crippen LogP contribution in [0.1, 0.15) is 29.0 Å². The van der Waals surface area contributed by atoms with E-state index in [1.807, 2.05) is 43.3 Å². The number of hydrogen-bond acceptors (Lipinski definition) is 4. The Morgan fingerprint density at radius 2 is 2.03 bits per heavy atom. The summed E-state index contributed by atoms with van der Waals surface area (Å²) in [5.74, 6) is -0.0477. The molecule has 2 N–H and O–H groups in total. The van der Waals surface area contributed by atoms with Crippen LogP contribution < -0.4 is 15.5 Å². The minimum Gasteiger partial charge on any atom is -0.369 e. The first-order chi connectivity index (χ1) is 15.1. The predicted molar refractivity (Wildman–Crippen MR) is 122 cm³/mol. The van der Waals surface area contributed by atoms with Gasteiger partial charge in [0.25, 0.3) is 5.91 Å². The number of aryl methyl sites for hydroxylation is 1. The summed E-state index contributed by atoms with van der Waals surface area (Å²) in [5.41, 5.74) is 5.71.